The second kappa shape index (κ2) is 9.68. The van der Waals surface area contributed by atoms with Crippen LogP contribution in [0.5, 0.6) is 11.5 Å². The summed E-state index contributed by atoms with van der Waals surface area (Å²) in [5.41, 5.74) is 2.53. The van der Waals surface area contributed by atoms with Gasteiger partial charge in [-0.15, -0.1) is 0 Å². The van der Waals surface area contributed by atoms with Crippen molar-refractivity contribution < 1.29 is 19.1 Å². The lowest BCUT2D eigenvalue weighted by Crippen LogP contribution is -2.17. The highest BCUT2D eigenvalue weighted by atomic mass is 35.5. The number of rotatable bonds is 8. The quantitative estimate of drug-likeness (QED) is 0.560. The van der Waals surface area contributed by atoms with Crippen molar-refractivity contribution in [1.82, 2.24) is 0 Å². The van der Waals surface area contributed by atoms with Crippen LogP contribution in [-0.4, -0.2) is 32.9 Å². The fourth-order valence-electron chi connectivity index (χ4n) is 2.27. The van der Waals surface area contributed by atoms with Crippen molar-refractivity contribution in [3.8, 4) is 11.5 Å². The van der Waals surface area contributed by atoms with Gasteiger partial charge < -0.3 is 19.6 Å². The average Bonchev–Trinajstić information content (AvgIpc) is 2.64. The number of benzene rings is 2. The Kier molecular flexibility index (Phi) is 7.29. The Balaban J connectivity index is 1.90. The lowest BCUT2D eigenvalue weighted by atomic mass is 10.1. The van der Waals surface area contributed by atoms with Gasteiger partial charge in [0.1, 0.15) is 0 Å². The zero-order valence-electron chi connectivity index (χ0n) is 14.9. The Hall–Kier alpha value is -2.73. The number of oxime groups is 1. The van der Waals surface area contributed by atoms with E-state index in [9.17, 15) is 4.79 Å². The van der Waals surface area contributed by atoms with Crippen LogP contribution in [0.25, 0.3) is 0 Å². The summed E-state index contributed by atoms with van der Waals surface area (Å²) in [6.07, 6.45) is 2.34. The van der Waals surface area contributed by atoms with Crippen LogP contribution >= 0.6 is 11.6 Å². The number of ether oxygens (including phenoxy) is 2. The molecule has 0 aromatic heterocycles. The fourth-order valence-corrected chi connectivity index (χ4v) is 2.57. The molecule has 2 aromatic carbocycles. The molecule has 1 amide bonds. The van der Waals surface area contributed by atoms with Gasteiger partial charge >= 0.3 is 0 Å². The minimum absolute atomic E-state index is 0.201. The molecule has 0 radical (unpaired) electrons. The Bertz CT molecular complexity index is 793. The third-order valence-electron chi connectivity index (χ3n) is 3.55. The third kappa shape index (κ3) is 5.39. The molecule has 26 heavy (non-hydrogen) atoms. The van der Waals surface area contributed by atoms with Gasteiger partial charge in [-0.2, -0.15) is 0 Å². The summed E-state index contributed by atoms with van der Waals surface area (Å²) in [7, 11) is 3.03. The molecule has 0 fully saturated rings. The van der Waals surface area contributed by atoms with E-state index in [1.807, 2.05) is 24.3 Å². The number of nitrogens with zero attached hydrogens (tertiary/aromatic N) is 1. The summed E-state index contributed by atoms with van der Waals surface area (Å²) in [4.78, 5) is 16.9. The molecule has 0 aliphatic rings. The molecule has 1 N–H and O–H groups in total. The monoisotopic (exact) mass is 376 g/mol. The Labute approximate surface area is 157 Å². The zero-order valence-corrected chi connectivity index (χ0v) is 15.7. The summed E-state index contributed by atoms with van der Waals surface area (Å²) in [5.74, 6) is 0.636. The molecule has 0 saturated heterocycles. The Morgan fingerprint density at radius 2 is 2.04 bits per heavy atom. The molecule has 6 nitrogen and oxygen atoms in total. The molecule has 0 spiro atoms. The van der Waals surface area contributed by atoms with Gasteiger partial charge in [0.25, 0.3) is 5.91 Å². The van der Waals surface area contributed by atoms with E-state index < -0.39 is 0 Å². The van der Waals surface area contributed by atoms with Crippen LogP contribution < -0.4 is 14.8 Å². The van der Waals surface area contributed by atoms with Gasteiger partial charge in [-0.1, -0.05) is 35.8 Å². The van der Waals surface area contributed by atoms with Gasteiger partial charge in [-0.3, -0.25) is 4.79 Å². The van der Waals surface area contributed by atoms with Crippen molar-refractivity contribution in [2.75, 3.05) is 26.1 Å². The van der Waals surface area contributed by atoms with Crippen molar-refractivity contribution in [2.45, 2.75) is 13.3 Å². The first-order valence-electron chi connectivity index (χ1n) is 8.03. The summed E-state index contributed by atoms with van der Waals surface area (Å²) in [6.45, 7) is 1.85. The van der Waals surface area contributed by atoms with E-state index in [0.717, 1.165) is 17.7 Å². The number of methoxy groups -OCH3 is 2. The maximum absolute atomic E-state index is 11.9. The van der Waals surface area contributed by atoms with E-state index >= 15 is 0 Å². The van der Waals surface area contributed by atoms with Gasteiger partial charge in [0, 0.05) is 11.3 Å². The van der Waals surface area contributed by atoms with Gasteiger partial charge in [0.2, 0.25) is 0 Å². The number of amides is 1. The highest BCUT2D eigenvalue weighted by Gasteiger charge is 2.10. The molecule has 0 atom stereocenters. The molecule has 0 unspecified atom stereocenters. The van der Waals surface area contributed by atoms with Crippen LogP contribution in [-0.2, 0) is 16.1 Å². The predicted octanol–water partition coefficient (Wildman–Crippen LogP) is 3.91. The maximum atomic E-state index is 11.9. The van der Waals surface area contributed by atoms with Crippen LogP contribution in [0.15, 0.2) is 41.6 Å². The number of carbonyl (C=O) groups is 1. The number of hydrogen-bond acceptors (Lipinski definition) is 5. The van der Waals surface area contributed by atoms with Crippen molar-refractivity contribution in [3.05, 3.63) is 52.5 Å². The predicted molar refractivity (Wildman–Crippen MR) is 103 cm³/mol. The lowest BCUT2D eigenvalue weighted by molar-refractivity contribution is -0.120. The van der Waals surface area contributed by atoms with Gasteiger partial charge in [-0.25, -0.2) is 0 Å². The largest absolute Gasteiger partial charge is 0.493 e. The minimum Gasteiger partial charge on any atom is -0.493 e. The summed E-state index contributed by atoms with van der Waals surface area (Å²) < 4.78 is 10.4. The Morgan fingerprint density at radius 1 is 1.23 bits per heavy atom. The number of nitrogens with one attached hydrogen (secondary N) is 1. The van der Waals surface area contributed by atoms with Crippen molar-refractivity contribution in [2.24, 2.45) is 5.16 Å². The standard InChI is InChI=1S/C19H21ClN2O4/c1-4-13-6-5-7-15(8-13)22-18(23)12-26-21-11-14-9-16(20)19(25-3)17(10-14)24-2/h5-11H,4,12H2,1-3H3,(H,22,23)/b21-11-. The molecule has 7 heteroatoms. The van der Waals surface area contributed by atoms with Crippen molar-refractivity contribution in [1.29, 1.82) is 0 Å². The van der Waals surface area contributed by atoms with E-state index in [1.165, 1.54) is 20.4 Å². The van der Waals surface area contributed by atoms with Crippen LogP contribution in [0.4, 0.5) is 5.69 Å². The molecular formula is C19H21ClN2O4. The van der Waals surface area contributed by atoms with E-state index in [0.29, 0.717) is 22.1 Å². The maximum Gasteiger partial charge on any atom is 0.265 e. The minimum atomic E-state index is -0.291. The van der Waals surface area contributed by atoms with E-state index in [2.05, 4.69) is 17.4 Å². The van der Waals surface area contributed by atoms with Crippen LogP contribution in [0, 0.1) is 0 Å². The molecule has 2 rings (SSSR count). The van der Waals surface area contributed by atoms with Gasteiger partial charge in [0.05, 0.1) is 25.5 Å². The van der Waals surface area contributed by atoms with Crippen molar-refractivity contribution in [3.63, 3.8) is 0 Å². The second-order valence-corrected chi connectivity index (χ2v) is 5.76. The number of hydrogen-bond donors (Lipinski definition) is 1. The fraction of sp³-hybridized carbons (Fsp3) is 0.263. The topological polar surface area (TPSA) is 69.2 Å². The molecular weight excluding hydrogens is 356 g/mol. The highest BCUT2D eigenvalue weighted by Crippen LogP contribution is 2.35. The molecule has 0 bridgehead atoms. The van der Waals surface area contributed by atoms with Crippen molar-refractivity contribution >= 4 is 29.4 Å². The average molecular weight is 377 g/mol. The van der Waals surface area contributed by atoms with E-state index in [1.54, 1.807) is 12.1 Å². The summed E-state index contributed by atoms with van der Waals surface area (Å²) in [6, 6.07) is 11.0. The number of carbonyl (C=O) groups excluding carboxylic acids is 1. The van der Waals surface area contributed by atoms with E-state index in [4.69, 9.17) is 25.9 Å². The zero-order chi connectivity index (χ0) is 18.9. The van der Waals surface area contributed by atoms with Crippen LogP contribution in [0.3, 0.4) is 0 Å². The second-order valence-electron chi connectivity index (χ2n) is 5.35. The number of anilines is 1. The third-order valence-corrected chi connectivity index (χ3v) is 3.83. The van der Waals surface area contributed by atoms with Gasteiger partial charge in [-0.05, 0) is 36.2 Å². The van der Waals surface area contributed by atoms with E-state index in [-0.39, 0.29) is 12.5 Å². The normalized spacial score (nSPS) is 10.6. The first-order valence-corrected chi connectivity index (χ1v) is 8.40. The van der Waals surface area contributed by atoms with Gasteiger partial charge in [0.15, 0.2) is 18.1 Å². The number of aryl methyl sites for hydroxylation is 1. The number of halogens is 1. The van der Waals surface area contributed by atoms with Crippen LogP contribution in [0.1, 0.15) is 18.1 Å². The first-order chi connectivity index (χ1) is 12.6. The molecule has 0 aliphatic heterocycles. The summed E-state index contributed by atoms with van der Waals surface area (Å²) in [5, 5.41) is 6.94. The van der Waals surface area contributed by atoms with Crippen LogP contribution in [0.2, 0.25) is 5.02 Å². The molecule has 0 heterocycles. The molecule has 2 aromatic rings. The molecule has 138 valence electrons. The molecule has 0 saturated carbocycles. The lowest BCUT2D eigenvalue weighted by Gasteiger charge is -2.09. The SMILES string of the molecule is CCc1cccc(NC(=O)CO/N=C\c2cc(Cl)c(OC)c(OC)c2)c1. The first kappa shape index (κ1) is 19.6. The Morgan fingerprint density at radius 3 is 2.73 bits per heavy atom. The highest BCUT2D eigenvalue weighted by molar-refractivity contribution is 6.32. The molecule has 0 aliphatic carbocycles. The summed E-state index contributed by atoms with van der Waals surface area (Å²) >= 11 is 6.12. The smallest absolute Gasteiger partial charge is 0.265 e.